The summed E-state index contributed by atoms with van der Waals surface area (Å²) in [4.78, 5) is 0. The molecule has 0 aromatic heterocycles. The van der Waals surface area contributed by atoms with Crippen molar-refractivity contribution in [2.24, 2.45) is 0 Å². The standard InChI is InChI=1S/C12H16ClNO/c13-10-5-9(6-12(15)7-10)8-14-11-3-1-2-4-11/h5-7,11,14-15H,1-4,8H2. The maximum atomic E-state index is 9.37. The molecule has 15 heavy (non-hydrogen) atoms. The first kappa shape index (κ1) is 10.8. The average molecular weight is 226 g/mol. The summed E-state index contributed by atoms with van der Waals surface area (Å²) in [6.07, 6.45) is 5.20. The fourth-order valence-corrected chi connectivity index (χ4v) is 2.38. The first-order valence-corrected chi connectivity index (χ1v) is 5.83. The molecule has 1 saturated carbocycles. The minimum absolute atomic E-state index is 0.241. The van der Waals surface area contributed by atoms with E-state index in [1.807, 2.05) is 6.07 Å². The first-order chi connectivity index (χ1) is 7.24. The van der Waals surface area contributed by atoms with Crippen molar-refractivity contribution in [1.82, 2.24) is 5.32 Å². The van der Waals surface area contributed by atoms with Crippen LogP contribution in [0.15, 0.2) is 18.2 Å². The molecule has 2 N–H and O–H groups in total. The number of rotatable bonds is 3. The largest absolute Gasteiger partial charge is 0.508 e. The quantitative estimate of drug-likeness (QED) is 0.829. The molecule has 3 heteroatoms. The maximum absolute atomic E-state index is 9.37. The lowest BCUT2D eigenvalue weighted by atomic mass is 10.2. The van der Waals surface area contributed by atoms with Gasteiger partial charge >= 0.3 is 0 Å². The van der Waals surface area contributed by atoms with Crippen LogP contribution in [0.2, 0.25) is 5.02 Å². The minimum Gasteiger partial charge on any atom is -0.508 e. The van der Waals surface area contributed by atoms with Gasteiger partial charge in [-0.2, -0.15) is 0 Å². The highest BCUT2D eigenvalue weighted by molar-refractivity contribution is 6.30. The molecule has 2 nitrogen and oxygen atoms in total. The predicted octanol–water partition coefficient (Wildman–Crippen LogP) is 3.08. The Labute approximate surface area is 95.3 Å². The van der Waals surface area contributed by atoms with E-state index in [1.165, 1.54) is 25.7 Å². The molecular weight excluding hydrogens is 210 g/mol. The molecule has 0 bridgehead atoms. The fraction of sp³-hybridized carbons (Fsp3) is 0.500. The van der Waals surface area contributed by atoms with Gasteiger partial charge in [0, 0.05) is 17.6 Å². The summed E-state index contributed by atoms with van der Waals surface area (Å²) in [5.41, 5.74) is 1.05. The van der Waals surface area contributed by atoms with Crippen molar-refractivity contribution in [1.29, 1.82) is 0 Å². The zero-order valence-corrected chi connectivity index (χ0v) is 9.43. The molecule has 0 saturated heterocycles. The third kappa shape index (κ3) is 3.11. The van der Waals surface area contributed by atoms with E-state index in [0.717, 1.165) is 12.1 Å². The Bertz CT molecular complexity index is 314. The molecule has 2 rings (SSSR count). The van der Waals surface area contributed by atoms with Gasteiger partial charge in [-0.3, -0.25) is 0 Å². The lowest BCUT2D eigenvalue weighted by Crippen LogP contribution is -2.25. The minimum atomic E-state index is 0.241. The molecule has 0 radical (unpaired) electrons. The Kier molecular flexibility index (Phi) is 3.49. The number of nitrogens with one attached hydrogen (secondary N) is 1. The SMILES string of the molecule is Oc1cc(Cl)cc(CNC2CCCC2)c1. The second kappa shape index (κ2) is 4.86. The number of hydrogen-bond acceptors (Lipinski definition) is 2. The number of benzene rings is 1. The van der Waals surface area contributed by atoms with Crippen molar-refractivity contribution in [3.8, 4) is 5.75 Å². The molecule has 1 aliphatic carbocycles. The van der Waals surface area contributed by atoms with Crippen molar-refractivity contribution in [3.63, 3.8) is 0 Å². The average Bonchev–Trinajstić information content (AvgIpc) is 2.65. The lowest BCUT2D eigenvalue weighted by molar-refractivity contribution is 0.472. The van der Waals surface area contributed by atoms with Gasteiger partial charge in [-0.05, 0) is 36.6 Å². The van der Waals surface area contributed by atoms with Crippen LogP contribution in [0.4, 0.5) is 0 Å². The highest BCUT2D eigenvalue weighted by atomic mass is 35.5. The third-order valence-corrected chi connectivity index (χ3v) is 3.11. The maximum Gasteiger partial charge on any atom is 0.117 e. The van der Waals surface area contributed by atoms with Crippen molar-refractivity contribution >= 4 is 11.6 Å². The van der Waals surface area contributed by atoms with Crippen LogP contribution >= 0.6 is 11.6 Å². The number of phenolic OH excluding ortho intramolecular Hbond substituents is 1. The topological polar surface area (TPSA) is 32.3 Å². The Morgan fingerprint density at radius 3 is 2.67 bits per heavy atom. The Morgan fingerprint density at radius 2 is 2.00 bits per heavy atom. The smallest absolute Gasteiger partial charge is 0.117 e. The van der Waals surface area contributed by atoms with Gasteiger partial charge in [0.2, 0.25) is 0 Å². The molecule has 1 aliphatic rings. The van der Waals surface area contributed by atoms with Crippen LogP contribution in [0.25, 0.3) is 0 Å². The van der Waals surface area contributed by atoms with Crippen molar-refractivity contribution in [2.75, 3.05) is 0 Å². The molecule has 0 heterocycles. The molecule has 0 amide bonds. The summed E-state index contributed by atoms with van der Waals surface area (Å²) >= 11 is 5.86. The van der Waals surface area contributed by atoms with Crippen LogP contribution in [0, 0.1) is 0 Å². The van der Waals surface area contributed by atoms with Crippen LogP contribution in [0.3, 0.4) is 0 Å². The van der Waals surface area contributed by atoms with Crippen LogP contribution < -0.4 is 5.32 Å². The number of hydrogen-bond donors (Lipinski definition) is 2. The zero-order chi connectivity index (χ0) is 10.7. The highest BCUT2D eigenvalue weighted by Gasteiger charge is 2.13. The Hall–Kier alpha value is -0.730. The summed E-state index contributed by atoms with van der Waals surface area (Å²) in [7, 11) is 0. The highest BCUT2D eigenvalue weighted by Crippen LogP contribution is 2.21. The molecule has 1 aromatic carbocycles. The first-order valence-electron chi connectivity index (χ1n) is 5.46. The van der Waals surface area contributed by atoms with Gasteiger partial charge < -0.3 is 10.4 Å². The van der Waals surface area contributed by atoms with E-state index in [0.29, 0.717) is 11.1 Å². The molecule has 0 aliphatic heterocycles. The third-order valence-electron chi connectivity index (χ3n) is 2.89. The molecule has 0 atom stereocenters. The fourth-order valence-electron chi connectivity index (χ4n) is 2.13. The summed E-state index contributed by atoms with van der Waals surface area (Å²) in [5.74, 6) is 0.241. The molecule has 0 unspecified atom stereocenters. The van der Waals surface area contributed by atoms with Crippen molar-refractivity contribution in [2.45, 2.75) is 38.3 Å². The summed E-state index contributed by atoms with van der Waals surface area (Å²) in [5, 5.41) is 13.5. The summed E-state index contributed by atoms with van der Waals surface area (Å²) < 4.78 is 0. The molecule has 1 fully saturated rings. The summed E-state index contributed by atoms with van der Waals surface area (Å²) in [6, 6.07) is 5.85. The van der Waals surface area contributed by atoms with E-state index in [9.17, 15) is 5.11 Å². The van der Waals surface area contributed by atoms with Gasteiger partial charge in [-0.15, -0.1) is 0 Å². The second-order valence-corrected chi connectivity index (χ2v) is 4.62. The van der Waals surface area contributed by atoms with Gasteiger partial charge in [-0.1, -0.05) is 24.4 Å². The molecular formula is C12H16ClNO. The lowest BCUT2D eigenvalue weighted by Gasteiger charge is -2.11. The monoisotopic (exact) mass is 225 g/mol. The summed E-state index contributed by atoms with van der Waals surface area (Å²) in [6.45, 7) is 0.790. The van der Waals surface area contributed by atoms with E-state index >= 15 is 0 Å². The normalized spacial score (nSPS) is 17.1. The van der Waals surface area contributed by atoms with Crippen LogP contribution in [-0.2, 0) is 6.54 Å². The van der Waals surface area contributed by atoms with Gasteiger partial charge in [0.05, 0.1) is 0 Å². The van der Waals surface area contributed by atoms with Crippen molar-refractivity contribution < 1.29 is 5.11 Å². The molecule has 82 valence electrons. The zero-order valence-electron chi connectivity index (χ0n) is 8.67. The predicted molar refractivity (Wildman–Crippen MR) is 62.2 cm³/mol. The van der Waals surface area contributed by atoms with Crippen LogP contribution in [-0.4, -0.2) is 11.1 Å². The Morgan fingerprint density at radius 1 is 1.27 bits per heavy atom. The number of halogens is 1. The van der Waals surface area contributed by atoms with Gasteiger partial charge in [0.1, 0.15) is 5.75 Å². The van der Waals surface area contributed by atoms with Crippen LogP contribution in [0.5, 0.6) is 5.75 Å². The van der Waals surface area contributed by atoms with E-state index in [4.69, 9.17) is 11.6 Å². The second-order valence-electron chi connectivity index (χ2n) is 4.18. The van der Waals surface area contributed by atoms with Crippen molar-refractivity contribution in [3.05, 3.63) is 28.8 Å². The van der Waals surface area contributed by atoms with Crippen LogP contribution in [0.1, 0.15) is 31.2 Å². The van der Waals surface area contributed by atoms with E-state index < -0.39 is 0 Å². The van der Waals surface area contributed by atoms with Gasteiger partial charge in [0.15, 0.2) is 0 Å². The van der Waals surface area contributed by atoms with Gasteiger partial charge in [0.25, 0.3) is 0 Å². The number of aromatic hydroxyl groups is 1. The number of phenols is 1. The molecule has 0 spiro atoms. The molecule has 1 aromatic rings. The van der Waals surface area contributed by atoms with E-state index in [-0.39, 0.29) is 5.75 Å². The Balaban J connectivity index is 1.92. The van der Waals surface area contributed by atoms with Gasteiger partial charge in [-0.25, -0.2) is 0 Å². The van der Waals surface area contributed by atoms with E-state index in [2.05, 4.69) is 5.32 Å². The van der Waals surface area contributed by atoms with E-state index in [1.54, 1.807) is 12.1 Å².